The fraction of sp³-hybridized carbons (Fsp3) is 0.364. The Bertz CT molecular complexity index is 937. The summed E-state index contributed by atoms with van der Waals surface area (Å²) in [5.41, 5.74) is 4.03. The fourth-order valence-electron chi connectivity index (χ4n) is 3.62. The lowest BCUT2D eigenvalue weighted by molar-refractivity contribution is 0.0303. The van der Waals surface area contributed by atoms with Crippen LogP contribution in [0.3, 0.4) is 0 Å². The predicted octanol–water partition coefficient (Wildman–Crippen LogP) is 2.83. The van der Waals surface area contributed by atoms with Gasteiger partial charge in [0.15, 0.2) is 5.75 Å². The van der Waals surface area contributed by atoms with Crippen molar-refractivity contribution in [3.63, 3.8) is 0 Å². The molecule has 1 N–H and O–H groups in total. The summed E-state index contributed by atoms with van der Waals surface area (Å²) < 4.78 is 11.0. The Morgan fingerprint density at radius 3 is 2.62 bits per heavy atom. The lowest BCUT2D eigenvalue weighted by Gasteiger charge is -2.26. The van der Waals surface area contributed by atoms with Crippen LogP contribution >= 0.6 is 11.6 Å². The average Bonchev–Trinajstić information content (AvgIpc) is 2.94. The van der Waals surface area contributed by atoms with E-state index in [0.29, 0.717) is 67.8 Å². The summed E-state index contributed by atoms with van der Waals surface area (Å²) in [6.45, 7) is 5.20. The molecule has 0 bridgehead atoms. The van der Waals surface area contributed by atoms with Gasteiger partial charge in [0.05, 0.1) is 30.3 Å². The normalized spacial score (nSPS) is 16.5. The zero-order chi connectivity index (χ0) is 20.4. The molecule has 0 saturated carbocycles. The van der Waals surface area contributed by atoms with Gasteiger partial charge in [-0.15, -0.1) is 0 Å². The average molecular weight is 415 g/mol. The second-order valence-corrected chi connectivity index (χ2v) is 7.61. The van der Waals surface area contributed by atoms with Crippen molar-refractivity contribution < 1.29 is 19.1 Å². The van der Waals surface area contributed by atoms with Gasteiger partial charge in [-0.25, -0.2) is 0 Å². The van der Waals surface area contributed by atoms with Gasteiger partial charge in [0.1, 0.15) is 6.61 Å². The predicted molar refractivity (Wildman–Crippen MR) is 110 cm³/mol. The molecule has 29 heavy (non-hydrogen) atoms. The van der Waals surface area contributed by atoms with Gasteiger partial charge in [-0.2, -0.15) is 0 Å². The van der Waals surface area contributed by atoms with Gasteiger partial charge in [0.25, 0.3) is 11.8 Å². The number of halogens is 1. The van der Waals surface area contributed by atoms with Crippen LogP contribution in [0.15, 0.2) is 30.3 Å². The third-order valence-electron chi connectivity index (χ3n) is 5.35. The first-order chi connectivity index (χ1) is 14.0. The first kappa shape index (κ1) is 19.7. The number of hydrogen-bond acceptors (Lipinski definition) is 4. The Balaban J connectivity index is 1.56. The van der Waals surface area contributed by atoms with Crippen molar-refractivity contribution in [2.45, 2.75) is 13.3 Å². The van der Waals surface area contributed by atoms with E-state index in [0.717, 1.165) is 16.7 Å². The van der Waals surface area contributed by atoms with Crippen LogP contribution in [0, 0.1) is 6.92 Å². The number of amides is 2. The highest BCUT2D eigenvalue weighted by Gasteiger charge is 2.23. The second kappa shape index (κ2) is 8.43. The molecule has 0 radical (unpaired) electrons. The van der Waals surface area contributed by atoms with Crippen LogP contribution in [0.25, 0.3) is 0 Å². The molecule has 2 aromatic rings. The maximum absolute atomic E-state index is 12.6. The molecule has 2 aromatic carbocycles. The van der Waals surface area contributed by atoms with Gasteiger partial charge in [-0.05, 0) is 48.2 Å². The van der Waals surface area contributed by atoms with E-state index in [1.165, 1.54) is 0 Å². The van der Waals surface area contributed by atoms with Crippen LogP contribution in [0.2, 0.25) is 5.02 Å². The highest BCUT2D eigenvalue weighted by molar-refractivity contribution is 6.33. The molecule has 2 amide bonds. The zero-order valence-electron chi connectivity index (χ0n) is 16.3. The highest BCUT2D eigenvalue weighted by Crippen LogP contribution is 2.36. The number of benzene rings is 2. The fourth-order valence-corrected chi connectivity index (χ4v) is 3.90. The quantitative estimate of drug-likeness (QED) is 0.838. The molecule has 1 saturated heterocycles. The highest BCUT2D eigenvalue weighted by atomic mass is 35.5. The third-order valence-corrected chi connectivity index (χ3v) is 5.80. The Labute approximate surface area is 174 Å². The minimum atomic E-state index is -0.174. The number of morpholine rings is 1. The van der Waals surface area contributed by atoms with E-state index in [-0.39, 0.29) is 11.8 Å². The number of carbonyl (C=O) groups excluding carboxylic acids is 2. The summed E-state index contributed by atoms with van der Waals surface area (Å²) in [4.78, 5) is 26.7. The van der Waals surface area contributed by atoms with Gasteiger partial charge >= 0.3 is 0 Å². The smallest absolute Gasteiger partial charge is 0.255 e. The summed E-state index contributed by atoms with van der Waals surface area (Å²) in [6, 6.07) is 9.45. The van der Waals surface area contributed by atoms with Gasteiger partial charge in [-0.1, -0.05) is 23.7 Å². The van der Waals surface area contributed by atoms with Crippen LogP contribution in [0.1, 0.15) is 37.4 Å². The minimum Gasteiger partial charge on any atom is -0.489 e. The van der Waals surface area contributed by atoms with E-state index in [1.807, 2.05) is 42.2 Å². The van der Waals surface area contributed by atoms with Crippen molar-refractivity contribution >= 4 is 23.4 Å². The number of nitrogens with one attached hydrogen (secondary N) is 1. The molecule has 152 valence electrons. The van der Waals surface area contributed by atoms with Crippen LogP contribution < -0.4 is 10.1 Å². The summed E-state index contributed by atoms with van der Waals surface area (Å²) in [6.07, 6.45) is 0.609. The van der Waals surface area contributed by atoms with E-state index < -0.39 is 0 Å². The van der Waals surface area contributed by atoms with E-state index in [1.54, 1.807) is 0 Å². The molecule has 2 heterocycles. The lowest BCUT2D eigenvalue weighted by Crippen LogP contribution is -2.40. The zero-order valence-corrected chi connectivity index (χ0v) is 17.1. The maximum Gasteiger partial charge on any atom is 0.255 e. The molecule has 2 aliphatic rings. The Morgan fingerprint density at radius 2 is 1.90 bits per heavy atom. The molecule has 0 spiro atoms. The molecule has 4 rings (SSSR count). The number of carbonyl (C=O) groups is 2. The van der Waals surface area contributed by atoms with Gasteiger partial charge in [-0.3, -0.25) is 9.59 Å². The van der Waals surface area contributed by atoms with Crippen molar-refractivity contribution in [2.75, 3.05) is 39.5 Å². The van der Waals surface area contributed by atoms with E-state index >= 15 is 0 Å². The molecule has 0 aromatic heterocycles. The van der Waals surface area contributed by atoms with E-state index in [2.05, 4.69) is 5.32 Å². The minimum absolute atomic E-state index is 0.0259. The molecule has 0 atom stereocenters. The van der Waals surface area contributed by atoms with E-state index in [4.69, 9.17) is 21.1 Å². The van der Waals surface area contributed by atoms with E-state index in [9.17, 15) is 9.59 Å². The first-order valence-corrected chi connectivity index (χ1v) is 10.1. The molecule has 0 aliphatic carbocycles. The topological polar surface area (TPSA) is 67.9 Å². The number of nitrogens with zero attached hydrogens (tertiary/aromatic N) is 1. The number of ether oxygens (including phenoxy) is 2. The SMILES string of the molecule is Cc1c(Cc2ccc(C(=O)N3CCOCC3)cc2)cc2c(c1Cl)OCCNC2=O. The third kappa shape index (κ3) is 4.09. The number of hydrogen-bond donors (Lipinski definition) is 1. The summed E-state index contributed by atoms with van der Waals surface area (Å²) in [5, 5.41) is 3.30. The summed E-state index contributed by atoms with van der Waals surface area (Å²) in [7, 11) is 0. The van der Waals surface area contributed by atoms with Crippen molar-refractivity contribution in [1.82, 2.24) is 10.2 Å². The summed E-state index contributed by atoms with van der Waals surface area (Å²) in [5.74, 6) is 0.305. The second-order valence-electron chi connectivity index (χ2n) is 7.23. The van der Waals surface area contributed by atoms with Gasteiger partial charge in [0, 0.05) is 18.7 Å². The molecule has 6 nitrogen and oxygen atoms in total. The first-order valence-electron chi connectivity index (χ1n) is 9.73. The standard InChI is InChI=1S/C22H23ClN2O4/c1-14-17(13-18-20(19(14)23)29-9-6-24-21(18)26)12-15-2-4-16(5-3-15)22(27)25-7-10-28-11-8-25/h2-5,13H,6-12H2,1H3,(H,24,26). The molecule has 1 fully saturated rings. The molecule has 2 aliphatic heterocycles. The molecule has 0 unspecified atom stereocenters. The van der Waals surface area contributed by atoms with Crippen LogP contribution in [0.5, 0.6) is 5.75 Å². The largest absolute Gasteiger partial charge is 0.489 e. The van der Waals surface area contributed by atoms with Gasteiger partial charge in [0.2, 0.25) is 0 Å². The monoisotopic (exact) mass is 414 g/mol. The summed E-state index contributed by atoms with van der Waals surface area (Å²) >= 11 is 6.51. The molecule has 7 heteroatoms. The Hall–Kier alpha value is -2.57. The van der Waals surface area contributed by atoms with Crippen molar-refractivity contribution in [2.24, 2.45) is 0 Å². The van der Waals surface area contributed by atoms with Crippen LogP contribution in [0.4, 0.5) is 0 Å². The number of fused-ring (bicyclic) bond motifs is 1. The number of rotatable bonds is 3. The van der Waals surface area contributed by atoms with Crippen LogP contribution in [-0.2, 0) is 11.2 Å². The van der Waals surface area contributed by atoms with Gasteiger partial charge < -0.3 is 19.7 Å². The maximum atomic E-state index is 12.6. The lowest BCUT2D eigenvalue weighted by atomic mass is 9.96. The Morgan fingerprint density at radius 1 is 1.17 bits per heavy atom. The Kier molecular flexibility index (Phi) is 5.74. The molecular formula is C22H23ClN2O4. The molecular weight excluding hydrogens is 392 g/mol. The van der Waals surface area contributed by atoms with Crippen molar-refractivity contribution in [3.05, 3.63) is 63.2 Å². The van der Waals surface area contributed by atoms with Crippen molar-refractivity contribution in [1.29, 1.82) is 0 Å². The van der Waals surface area contributed by atoms with Crippen molar-refractivity contribution in [3.8, 4) is 5.75 Å². The van der Waals surface area contributed by atoms with Crippen LogP contribution in [-0.4, -0.2) is 56.2 Å².